The highest BCUT2D eigenvalue weighted by Gasteiger charge is 2.54. The molecule has 6 heterocycles. The van der Waals surface area contributed by atoms with Crippen molar-refractivity contribution < 1.29 is 43.0 Å². The van der Waals surface area contributed by atoms with Crippen LogP contribution in [0.2, 0.25) is 0 Å². The summed E-state index contributed by atoms with van der Waals surface area (Å²) in [4.78, 5) is 78.5. The number of ether oxygens (including phenoxy) is 3. The zero-order chi connectivity index (χ0) is 68.8. The van der Waals surface area contributed by atoms with Gasteiger partial charge in [-0.05, 0) is 136 Å². The van der Waals surface area contributed by atoms with Gasteiger partial charge in [0.2, 0.25) is 0 Å². The van der Waals surface area contributed by atoms with Crippen LogP contribution in [0.4, 0.5) is 17.5 Å². The predicted molar refractivity (Wildman–Crippen MR) is 364 cm³/mol. The van der Waals surface area contributed by atoms with Crippen molar-refractivity contribution in [3.05, 3.63) is 106 Å². The van der Waals surface area contributed by atoms with Crippen molar-refractivity contribution in [3.8, 4) is 69.3 Å². The van der Waals surface area contributed by atoms with Gasteiger partial charge < -0.3 is 63.3 Å². The molecule has 3 spiro atoms. The van der Waals surface area contributed by atoms with Gasteiger partial charge in [0.25, 0.3) is 35.4 Å². The van der Waals surface area contributed by atoms with Gasteiger partial charge in [-0.3, -0.25) is 28.8 Å². The summed E-state index contributed by atoms with van der Waals surface area (Å²) in [6.45, 7) is 15.2. The third-order valence-corrected chi connectivity index (χ3v) is 19.9. The average Bonchev–Trinajstić information content (AvgIpc) is 1.58. The monoisotopic (exact) mass is 1310 g/mol. The Labute approximate surface area is 560 Å². The maximum atomic E-state index is 12.2. The molecule has 24 heteroatoms. The summed E-state index contributed by atoms with van der Waals surface area (Å²) in [5.41, 5.74) is 43.9. The van der Waals surface area contributed by atoms with Crippen LogP contribution in [0.1, 0.15) is 171 Å². The summed E-state index contributed by atoms with van der Waals surface area (Å²) in [5.74, 6) is 14.9. The molecule has 6 aromatic rings. The van der Waals surface area contributed by atoms with E-state index in [9.17, 15) is 28.8 Å². The van der Waals surface area contributed by atoms with Crippen molar-refractivity contribution in [1.82, 2.24) is 44.0 Å². The first kappa shape index (κ1) is 68.9. The lowest BCUT2D eigenvalue weighted by Crippen LogP contribution is -2.42. The lowest BCUT2D eigenvalue weighted by Gasteiger charge is -2.45. The molecule has 6 amide bonds. The van der Waals surface area contributed by atoms with Crippen LogP contribution in [0.15, 0.2) is 72.8 Å². The second-order valence-electron chi connectivity index (χ2n) is 26.2. The smallest absolute Gasteiger partial charge is 0.298 e. The lowest BCUT2D eigenvalue weighted by atomic mass is 9.65. The van der Waals surface area contributed by atoms with E-state index >= 15 is 0 Å². The van der Waals surface area contributed by atoms with Crippen molar-refractivity contribution in [1.29, 1.82) is 0 Å². The second-order valence-corrected chi connectivity index (χ2v) is 26.2. The third kappa shape index (κ3) is 14.2. The van der Waals surface area contributed by atoms with Crippen LogP contribution in [-0.4, -0.2) is 140 Å². The number of amides is 6. The van der Waals surface area contributed by atoms with E-state index in [1.165, 1.54) is 0 Å². The zero-order valence-electron chi connectivity index (χ0n) is 55.8. The summed E-state index contributed by atoms with van der Waals surface area (Å²) >= 11 is 0. The van der Waals surface area contributed by atoms with E-state index in [4.69, 9.17) is 63.9 Å². The van der Waals surface area contributed by atoms with Gasteiger partial charge in [0.1, 0.15) is 51.2 Å². The minimum absolute atomic E-state index is 0.0328. The van der Waals surface area contributed by atoms with Gasteiger partial charge in [-0.2, -0.15) is 15.3 Å². The van der Waals surface area contributed by atoms with Crippen LogP contribution in [0.3, 0.4) is 0 Å². The molecule has 6 fully saturated rings. The Bertz CT molecular complexity index is 4120. The SMILES string of the molecule is CC#CC(=O)N1CCC2(CC(n3nc(-c4ccc(C(C)OC)cc4)c(C(N)=O)c3N)C2)C1.CC#CC(=O)N1CCC2(CC(n3nc(-c4ccc(COCC)cc4)c(C(N)=O)c3N)C2)C1.CCC#CC(=O)N1CCC2(CC(n3nc(-c4ccc(COC)cc4)c(C(N)=O)c3N)C2)C1. The number of hydrogen-bond donors (Lipinski definition) is 6. The van der Waals surface area contributed by atoms with Gasteiger partial charge in [-0.15, -0.1) is 0 Å². The Hall–Kier alpha value is -9.93. The van der Waals surface area contributed by atoms with E-state index in [0.717, 1.165) is 111 Å². The van der Waals surface area contributed by atoms with Gasteiger partial charge >= 0.3 is 0 Å². The van der Waals surface area contributed by atoms with Gasteiger partial charge in [0, 0.05) is 83.2 Å². The summed E-state index contributed by atoms with van der Waals surface area (Å²) < 4.78 is 21.2. The predicted octanol–water partition coefficient (Wildman–Crippen LogP) is 7.20. The van der Waals surface area contributed by atoms with Crippen LogP contribution in [0, 0.1) is 51.8 Å². The Morgan fingerprint density at radius 1 is 0.521 bits per heavy atom. The zero-order valence-corrected chi connectivity index (χ0v) is 55.8. The molecule has 1 atom stereocenters. The van der Waals surface area contributed by atoms with Crippen LogP contribution >= 0.6 is 0 Å². The summed E-state index contributed by atoms with van der Waals surface area (Å²) in [6, 6.07) is 23.3. The fourth-order valence-electron chi connectivity index (χ4n) is 14.7. The molecular weight excluding hydrogens is 1220 g/mol. The molecule has 96 heavy (non-hydrogen) atoms. The van der Waals surface area contributed by atoms with E-state index in [-0.39, 0.29) is 74.9 Å². The first-order chi connectivity index (χ1) is 46.0. The highest BCUT2D eigenvalue weighted by molar-refractivity contribution is 6.05. The highest BCUT2D eigenvalue weighted by atomic mass is 16.5. The first-order valence-corrected chi connectivity index (χ1v) is 32.7. The van der Waals surface area contributed by atoms with Crippen LogP contribution in [0.25, 0.3) is 33.8 Å². The number of primary amides is 3. The van der Waals surface area contributed by atoms with Crippen molar-refractivity contribution >= 4 is 52.9 Å². The van der Waals surface area contributed by atoms with Crippen LogP contribution < -0.4 is 34.4 Å². The Balaban J connectivity index is 0.000000157. The van der Waals surface area contributed by atoms with Crippen LogP contribution in [0.5, 0.6) is 0 Å². The quantitative estimate of drug-likeness (QED) is 0.0522. The van der Waals surface area contributed by atoms with E-state index in [2.05, 4.69) is 35.5 Å². The maximum absolute atomic E-state index is 12.2. The second kappa shape index (κ2) is 29.0. The average molecular weight is 1310 g/mol. The van der Waals surface area contributed by atoms with Crippen LogP contribution in [-0.2, 0) is 41.8 Å². The van der Waals surface area contributed by atoms with Crippen molar-refractivity contribution in [2.45, 2.75) is 136 Å². The molecule has 3 aromatic carbocycles. The number of anilines is 3. The number of benzene rings is 3. The first-order valence-electron chi connectivity index (χ1n) is 32.7. The number of nitrogens with zero attached hydrogens (tertiary/aromatic N) is 9. The van der Waals surface area contributed by atoms with Crippen molar-refractivity contribution in [2.24, 2.45) is 33.4 Å². The van der Waals surface area contributed by atoms with Crippen molar-refractivity contribution in [2.75, 3.05) is 77.3 Å². The largest absolute Gasteiger partial charge is 0.383 e. The van der Waals surface area contributed by atoms with Gasteiger partial charge in [0.15, 0.2) is 0 Å². The Morgan fingerprint density at radius 3 is 1.16 bits per heavy atom. The molecule has 12 rings (SSSR count). The lowest BCUT2D eigenvalue weighted by molar-refractivity contribution is -0.125. The number of hydrogen-bond acceptors (Lipinski definition) is 15. The normalized spacial score (nSPS) is 22.2. The van der Waals surface area contributed by atoms with Gasteiger partial charge in [-0.25, -0.2) is 14.0 Å². The highest BCUT2D eigenvalue weighted by Crippen LogP contribution is 2.57. The maximum Gasteiger partial charge on any atom is 0.298 e. The molecule has 1 unspecified atom stereocenters. The Kier molecular flexibility index (Phi) is 20.8. The fourth-order valence-corrected chi connectivity index (χ4v) is 14.7. The number of methoxy groups -OCH3 is 2. The molecule has 12 N–H and O–H groups in total. The molecular formula is C72H87N15O9. The number of carbonyl (C=O) groups is 6. The number of nitrogen functional groups attached to an aromatic ring is 3. The molecule has 3 saturated heterocycles. The molecule has 504 valence electrons. The third-order valence-electron chi connectivity index (χ3n) is 19.9. The fraction of sp³-hybridized carbons (Fsp3) is 0.458. The molecule has 0 radical (unpaired) electrons. The van der Waals surface area contributed by atoms with E-state index in [0.29, 0.717) is 80.4 Å². The summed E-state index contributed by atoms with van der Waals surface area (Å²) in [6.07, 6.45) is 8.59. The minimum Gasteiger partial charge on any atom is -0.383 e. The standard InChI is InChI=1S/3C24H29N5O3/c1-4-5-19(30)28-11-10-24(14-28)12-18(13-24)29-22(25)20(23(26)31)21(27-29)17-8-6-16(7-9-17)15(2)32-3;1-3-4-5-19(30)28-11-10-24(15-28)12-18(13-24)29-22(25)20(23(26)31)21(27-29)17-8-6-16(7-9-17)14-32-2;1-3-5-19(30)28-11-10-24(15-28)12-18(13-24)29-22(25)20(23(26)31)21(27-29)17-8-6-16(7-9-17)14-32-4-2/h6-9,15,18H,10-14,25H2,1-3H3,(H2,26,31);6-9,18H,3,10-15,25H2,1-2H3,(H2,26,31);6-9,18H,4,10-15,25H2,1-2H3,(H2,26,31). The molecule has 6 aliphatic rings. The molecule has 3 aromatic heterocycles. The number of aromatic nitrogens is 6. The van der Waals surface area contributed by atoms with E-state index in [1.807, 2.05) is 108 Å². The summed E-state index contributed by atoms with van der Waals surface area (Å²) in [5, 5.41) is 14.1. The van der Waals surface area contributed by atoms with E-state index < -0.39 is 17.7 Å². The van der Waals surface area contributed by atoms with Crippen molar-refractivity contribution in [3.63, 3.8) is 0 Å². The molecule has 3 aliphatic heterocycles. The van der Waals surface area contributed by atoms with Gasteiger partial charge in [0.05, 0.1) is 37.4 Å². The Morgan fingerprint density at radius 2 is 0.854 bits per heavy atom. The number of carbonyl (C=O) groups excluding carboxylic acids is 6. The molecule has 3 saturated carbocycles. The van der Waals surface area contributed by atoms with Gasteiger partial charge in [-0.1, -0.05) is 97.5 Å². The topological polar surface area (TPSA) is 349 Å². The minimum atomic E-state index is -0.595. The number of nitrogens with two attached hydrogens (primary N) is 6. The number of rotatable bonds is 16. The molecule has 3 aliphatic carbocycles. The summed E-state index contributed by atoms with van der Waals surface area (Å²) in [7, 11) is 3.30. The van der Waals surface area contributed by atoms with E-state index in [1.54, 1.807) is 42.1 Å². The number of likely N-dealkylation sites (tertiary alicyclic amines) is 3. The molecule has 24 nitrogen and oxygen atoms in total. The molecule has 0 bridgehead atoms.